The Kier molecular flexibility index (Phi) is 6.59. The van der Waals surface area contributed by atoms with Gasteiger partial charge in [0.15, 0.2) is 41.6 Å². The number of nitrogens with one attached hydrogen (secondary N) is 1. The fourth-order valence-electron chi connectivity index (χ4n) is 5.90. The number of hydrogen-bond donors (Lipinski definition) is 4. The molecule has 4 aliphatic rings. The molecule has 0 radical (unpaired) electrons. The largest absolute Gasteiger partial charge is 0.473 e. The van der Waals surface area contributed by atoms with E-state index in [0.29, 0.717) is 0 Å². The van der Waals surface area contributed by atoms with Gasteiger partial charge in [0.2, 0.25) is 0 Å². The van der Waals surface area contributed by atoms with Crippen molar-refractivity contribution in [1.29, 1.82) is 0 Å². The quantitative estimate of drug-likeness (QED) is 0.176. The fourth-order valence-corrected chi connectivity index (χ4v) is 7.98. The zero-order chi connectivity index (χ0) is 31.2. The van der Waals surface area contributed by atoms with E-state index in [4.69, 9.17) is 38.9 Å². The molecule has 4 fully saturated rings. The Morgan fingerprint density at radius 2 is 1.51 bits per heavy atom. The molecule has 45 heavy (non-hydrogen) atoms. The van der Waals surface area contributed by atoms with Gasteiger partial charge in [0.25, 0.3) is 0 Å². The average Bonchev–Trinajstić information content (AvgIpc) is 3.73. The van der Waals surface area contributed by atoms with Crippen LogP contribution in [0.3, 0.4) is 0 Å². The third kappa shape index (κ3) is 4.74. The highest BCUT2D eigenvalue weighted by atomic mass is 32.2. The first-order valence-corrected chi connectivity index (χ1v) is 16.2. The lowest BCUT2D eigenvalue weighted by Gasteiger charge is -2.35. The van der Waals surface area contributed by atoms with Crippen molar-refractivity contribution in [2.75, 3.05) is 24.6 Å². The van der Waals surface area contributed by atoms with Crippen molar-refractivity contribution in [2.24, 2.45) is 0 Å². The predicted molar refractivity (Wildman–Crippen MR) is 143 cm³/mol. The van der Waals surface area contributed by atoms with Gasteiger partial charge >= 0.3 is 18.1 Å². The summed E-state index contributed by atoms with van der Waals surface area (Å²) in [6.07, 6.45) is -8.24. The molecular formula is C21H23FN11O10PS. The van der Waals surface area contributed by atoms with E-state index >= 15 is 4.39 Å². The Morgan fingerprint density at radius 3 is 2.18 bits per heavy atom. The predicted octanol–water partition coefficient (Wildman–Crippen LogP) is -1.53. The highest BCUT2D eigenvalue weighted by Gasteiger charge is 2.59. The number of ether oxygens (including phenoxy) is 3. The lowest BCUT2D eigenvalue weighted by Crippen LogP contribution is -2.53. The molecular weight excluding hydrogens is 648 g/mol. The first-order chi connectivity index (χ1) is 21.5. The molecule has 0 aromatic carbocycles. The number of aromatic nitrogens is 8. The highest BCUT2D eigenvalue weighted by molar-refractivity contribution is 7.84. The summed E-state index contributed by atoms with van der Waals surface area (Å²) in [5.41, 5.74) is 12.5. The molecule has 0 spiro atoms. The van der Waals surface area contributed by atoms with Crippen LogP contribution in [0, 0.1) is 0 Å². The number of imidazole rings is 2. The molecule has 8 rings (SSSR count). The van der Waals surface area contributed by atoms with Gasteiger partial charge in [-0.15, -0.1) is 0 Å². The van der Waals surface area contributed by atoms with Crippen LogP contribution in [0.15, 0.2) is 25.3 Å². The van der Waals surface area contributed by atoms with Gasteiger partial charge in [-0.25, -0.2) is 43.0 Å². The zero-order valence-corrected chi connectivity index (χ0v) is 24.2. The Balaban J connectivity index is 1.11. The Bertz CT molecular complexity index is 1970. The maximum Gasteiger partial charge on any atom is 0.473 e. The summed E-state index contributed by atoms with van der Waals surface area (Å²) in [4.78, 5) is 35.0. The molecule has 6 N–H and O–H groups in total. The van der Waals surface area contributed by atoms with Crippen LogP contribution in [0.25, 0.3) is 22.3 Å². The number of fused-ring (bicyclic) bond motifs is 3. The summed E-state index contributed by atoms with van der Waals surface area (Å²) >= 11 is 0. The van der Waals surface area contributed by atoms with Crippen molar-refractivity contribution in [2.45, 2.75) is 55.3 Å². The highest BCUT2D eigenvalue weighted by Crippen LogP contribution is 2.53. The third-order valence-electron chi connectivity index (χ3n) is 7.86. The molecule has 0 amide bonds. The van der Waals surface area contributed by atoms with Crippen molar-refractivity contribution < 1.29 is 49.7 Å². The normalized spacial score (nSPS) is 38.1. The van der Waals surface area contributed by atoms with Crippen LogP contribution in [0.2, 0.25) is 0 Å². The van der Waals surface area contributed by atoms with Gasteiger partial charge in [-0.2, -0.15) is 13.1 Å². The van der Waals surface area contributed by atoms with Crippen molar-refractivity contribution in [3.63, 3.8) is 0 Å². The van der Waals surface area contributed by atoms with Crippen molar-refractivity contribution in [1.82, 2.24) is 43.8 Å². The molecule has 10 atom stereocenters. The lowest BCUT2D eigenvalue weighted by molar-refractivity contribution is -0.117. The monoisotopic (exact) mass is 671 g/mol. The summed E-state index contributed by atoms with van der Waals surface area (Å²) in [6.45, 7) is -0.974. The molecule has 8 heterocycles. The van der Waals surface area contributed by atoms with Crippen molar-refractivity contribution in [3.05, 3.63) is 25.3 Å². The zero-order valence-electron chi connectivity index (χ0n) is 22.5. The number of nitrogen functional groups attached to an aromatic ring is 2. The molecule has 4 aromatic rings. The van der Waals surface area contributed by atoms with E-state index in [0.717, 1.165) is 6.33 Å². The Hall–Kier alpha value is -3.51. The molecule has 4 aliphatic heterocycles. The smallest absolute Gasteiger partial charge is 0.382 e. The first kappa shape index (κ1) is 28.9. The van der Waals surface area contributed by atoms with Crippen LogP contribution < -0.4 is 16.2 Å². The average molecular weight is 672 g/mol. The molecule has 24 heteroatoms. The van der Waals surface area contributed by atoms with Crippen LogP contribution in [0.1, 0.15) is 12.5 Å². The maximum absolute atomic E-state index is 16.0. The molecule has 240 valence electrons. The standard InChI is InChI=1S/C21H23FN11O10PS/c22-9-12-7(39-20(9)32-5-29-10-16(23)25-3-27-18(10)32)1-31-45(36,37)43-14-13-8(41-44(34,35)42-12)2-38-15(14)21(40-13)33-6-30-11-17(24)26-4-28-19(11)33/h3-9,12-15,20-21,31H,1-2H2,(H,34,35)(H2,23,25,27)(H2,24,26,28). The van der Waals surface area contributed by atoms with E-state index in [1.54, 1.807) is 0 Å². The SMILES string of the molecule is Nc1ncnc2c1ncn2C1OC2CNS(=O)(=O)OC3C4OC(n5cnc6c(N)ncnc65)C3OCC4OP(=O)(O)OC2C1F. The van der Waals surface area contributed by atoms with E-state index in [1.807, 2.05) is 0 Å². The number of nitrogens with zero attached hydrogens (tertiary/aromatic N) is 8. The number of nitrogens with two attached hydrogens (primary N) is 2. The summed E-state index contributed by atoms with van der Waals surface area (Å²) < 4.78 is 94.5. The third-order valence-corrected chi connectivity index (χ3v) is 9.90. The van der Waals surface area contributed by atoms with Gasteiger partial charge in [-0.1, -0.05) is 0 Å². The summed E-state index contributed by atoms with van der Waals surface area (Å²) in [5, 5.41) is 0. The van der Waals surface area contributed by atoms with Gasteiger partial charge in [0, 0.05) is 6.54 Å². The minimum atomic E-state index is -5.10. The van der Waals surface area contributed by atoms with Gasteiger partial charge < -0.3 is 30.6 Å². The second-order valence-electron chi connectivity index (χ2n) is 10.5. The van der Waals surface area contributed by atoms with Crippen molar-refractivity contribution in [3.8, 4) is 0 Å². The Labute approximate surface area is 250 Å². The summed E-state index contributed by atoms with van der Waals surface area (Å²) in [5.74, 6) is 0.122. The van der Waals surface area contributed by atoms with Crippen LogP contribution in [-0.4, -0.2) is 108 Å². The topological polar surface area (TPSA) is 278 Å². The second-order valence-corrected chi connectivity index (χ2v) is 13.3. The lowest BCUT2D eigenvalue weighted by atomic mass is 10.0. The summed E-state index contributed by atoms with van der Waals surface area (Å²) in [7, 11) is -9.71. The molecule has 0 saturated carbocycles. The number of alkyl halides is 1. The van der Waals surface area contributed by atoms with Crippen LogP contribution in [-0.2, 0) is 42.3 Å². The first-order valence-electron chi connectivity index (χ1n) is 13.3. The molecule has 4 aromatic heterocycles. The fraction of sp³-hybridized carbons (Fsp3) is 0.524. The number of phosphoric ester groups is 1. The molecule has 21 nitrogen and oxygen atoms in total. The number of halogens is 1. The van der Waals surface area contributed by atoms with Crippen LogP contribution >= 0.6 is 7.82 Å². The number of rotatable bonds is 2. The van der Waals surface area contributed by atoms with Crippen LogP contribution in [0.4, 0.5) is 16.0 Å². The minimum Gasteiger partial charge on any atom is -0.382 e. The summed E-state index contributed by atoms with van der Waals surface area (Å²) in [6, 6.07) is 0. The number of hydrogen-bond acceptors (Lipinski definition) is 17. The molecule has 4 bridgehead atoms. The molecule has 4 saturated heterocycles. The molecule has 0 aliphatic carbocycles. The van der Waals surface area contributed by atoms with Gasteiger partial charge in [-0.3, -0.25) is 18.2 Å². The van der Waals surface area contributed by atoms with E-state index in [1.165, 1.54) is 28.1 Å². The van der Waals surface area contributed by atoms with Crippen molar-refractivity contribution >= 4 is 52.1 Å². The molecule has 10 unspecified atom stereocenters. The van der Waals surface area contributed by atoms with Gasteiger partial charge in [0.1, 0.15) is 60.3 Å². The minimum absolute atomic E-state index is 0.0267. The van der Waals surface area contributed by atoms with Gasteiger partial charge in [0.05, 0.1) is 19.3 Å². The van der Waals surface area contributed by atoms with E-state index in [-0.39, 0.29) is 40.6 Å². The van der Waals surface area contributed by atoms with E-state index < -0.39 is 79.9 Å². The maximum atomic E-state index is 16.0. The van der Waals surface area contributed by atoms with E-state index in [9.17, 15) is 17.9 Å². The number of anilines is 2. The van der Waals surface area contributed by atoms with Gasteiger partial charge in [-0.05, 0) is 0 Å². The van der Waals surface area contributed by atoms with Crippen LogP contribution in [0.5, 0.6) is 0 Å². The van der Waals surface area contributed by atoms with E-state index in [2.05, 4.69) is 34.6 Å². The second kappa shape index (κ2) is 10.2. The number of phosphoric acid groups is 1. The Morgan fingerprint density at radius 1 is 0.867 bits per heavy atom.